The summed E-state index contributed by atoms with van der Waals surface area (Å²) in [7, 11) is 0. The molecular formula is C11H18O3. The summed E-state index contributed by atoms with van der Waals surface area (Å²) in [6.45, 7) is 1.87. The summed E-state index contributed by atoms with van der Waals surface area (Å²) < 4.78 is 4.82. The lowest BCUT2D eigenvalue weighted by molar-refractivity contribution is -0.141. The molecule has 3 nitrogen and oxygen atoms in total. The molecule has 0 spiro atoms. The standard InChI is InChI=1S/C11H18O3/c1-9(12)14-8-4-6-10-5-2-3-7-11(10)13/h10H,2-8H2,1H3. The van der Waals surface area contributed by atoms with E-state index in [1.165, 1.54) is 13.3 Å². The van der Waals surface area contributed by atoms with Gasteiger partial charge in [-0.25, -0.2) is 0 Å². The van der Waals surface area contributed by atoms with Crippen LogP contribution in [0.25, 0.3) is 0 Å². The van der Waals surface area contributed by atoms with Gasteiger partial charge in [0.1, 0.15) is 5.78 Å². The van der Waals surface area contributed by atoms with E-state index in [0.717, 1.165) is 32.1 Å². The second-order valence-electron chi connectivity index (χ2n) is 3.89. The molecule has 1 fully saturated rings. The number of hydrogen-bond donors (Lipinski definition) is 0. The molecule has 0 N–H and O–H groups in total. The summed E-state index contributed by atoms with van der Waals surface area (Å²) in [6.07, 6.45) is 5.70. The minimum Gasteiger partial charge on any atom is -0.466 e. The summed E-state index contributed by atoms with van der Waals surface area (Å²) in [4.78, 5) is 21.9. The molecule has 14 heavy (non-hydrogen) atoms. The Labute approximate surface area is 84.8 Å². The van der Waals surface area contributed by atoms with Gasteiger partial charge in [-0.05, 0) is 25.7 Å². The van der Waals surface area contributed by atoms with Crippen molar-refractivity contribution in [1.29, 1.82) is 0 Å². The number of ether oxygens (including phenoxy) is 1. The molecule has 1 aliphatic rings. The van der Waals surface area contributed by atoms with Gasteiger partial charge >= 0.3 is 5.97 Å². The average molecular weight is 198 g/mol. The van der Waals surface area contributed by atoms with E-state index in [4.69, 9.17) is 4.74 Å². The van der Waals surface area contributed by atoms with Crippen LogP contribution in [0.15, 0.2) is 0 Å². The topological polar surface area (TPSA) is 43.4 Å². The lowest BCUT2D eigenvalue weighted by Crippen LogP contribution is -2.19. The maximum absolute atomic E-state index is 11.4. The molecule has 80 valence electrons. The van der Waals surface area contributed by atoms with Crippen molar-refractivity contribution in [2.45, 2.75) is 45.4 Å². The van der Waals surface area contributed by atoms with E-state index in [0.29, 0.717) is 12.4 Å². The Kier molecular flexibility index (Phi) is 4.63. The van der Waals surface area contributed by atoms with Crippen molar-refractivity contribution in [2.24, 2.45) is 5.92 Å². The highest BCUT2D eigenvalue weighted by molar-refractivity contribution is 5.81. The van der Waals surface area contributed by atoms with E-state index >= 15 is 0 Å². The van der Waals surface area contributed by atoms with Crippen LogP contribution in [0.1, 0.15) is 45.4 Å². The van der Waals surface area contributed by atoms with E-state index in [2.05, 4.69) is 0 Å². The lowest BCUT2D eigenvalue weighted by Gasteiger charge is -2.19. The van der Waals surface area contributed by atoms with Gasteiger partial charge in [-0.2, -0.15) is 0 Å². The van der Waals surface area contributed by atoms with Gasteiger partial charge < -0.3 is 4.74 Å². The Hall–Kier alpha value is -0.860. The highest BCUT2D eigenvalue weighted by Gasteiger charge is 2.21. The molecule has 0 saturated heterocycles. The van der Waals surface area contributed by atoms with Gasteiger partial charge in [-0.3, -0.25) is 9.59 Å². The Morgan fingerprint density at radius 1 is 1.50 bits per heavy atom. The minimum atomic E-state index is -0.236. The minimum absolute atomic E-state index is 0.235. The number of esters is 1. The van der Waals surface area contributed by atoms with Crippen molar-refractivity contribution in [3.63, 3.8) is 0 Å². The molecule has 0 aliphatic heterocycles. The first kappa shape index (κ1) is 11.2. The van der Waals surface area contributed by atoms with Gasteiger partial charge in [0.05, 0.1) is 6.61 Å². The Balaban J connectivity index is 2.10. The highest BCUT2D eigenvalue weighted by Crippen LogP contribution is 2.24. The van der Waals surface area contributed by atoms with Crippen molar-refractivity contribution in [3.8, 4) is 0 Å². The summed E-state index contributed by atoms with van der Waals surface area (Å²) in [5.41, 5.74) is 0. The summed E-state index contributed by atoms with van der Waals surface area (Å²) in [5.74, 6) is 0.401. The van der Waals surface area contributed by atoms with Crippen LogP contribution in [-0.2, 0) is 14.3 Å². The first-order valence-electron chi connectivity index (χ1n) is 5.36. The van der Waals surface area contributed by atoms with Crippen molar-refractivity contribution in [2.75, 3.05) is 6.61 Å². The fourth-order valence-corrected chi connectivity index (χ4v) is 1.91. The second kappa shape index (κ2) is 5.78. The molecule has 0 radical (unpaired) electrons. The average Bonchev–Trinajstić information content (AvgIpc) is 2.15. The van der Waals surface area contributed by atoms with Crippen LogP contribution in [0.5, 0.6) is 0 Å². The third kappa shape index (κ3) is 3.90. The third-order valence-electron chi connectivity index (χ3n) is 2.68. The fraction of sp³-hybridized carbons (Fsp3) is 0.818. The zero-order valence-electron chi connectivity index (χ0n) is 8.75. The van der Waals surface area contributed by atoms with E-state index in [1.807, 2.05) is 0 Å². The predicted molar refractivity (Wildman–Crippen MR) is 52.8 cm³/mol. The van der Waals surface area contributed by atoms with E-state index in [-0.39, 0.29) is 11.9 Å². The molecule has 0 aromatic carbocycles. The molecule has 1 rings (SSSR count). The number of carbonyl (C=O) groups excluding carboxylic acids is 2. The van der Waals surface area contributed by atoms with Gasteiger partial charge in [0.2, 0.25) is 0 Å². The number of carbonyl (C=O) groups is 2. The van der Waals surface area contributed by atoms with Crippen molar-refractivity contribution < 1.29 is 14.3 Å². The zero-order chi connectivity index (χ0) is 10.4. The quantitative estimate of drug-likeness (QED) is 0.513. The molecule has 1 saturated carbocycles. The Bertz CT molecular complexity index is 211. The second-order valence-corrected chi connectivity index (χ2v) is 3.89. The Morgan fingerprint density at radius 2 is 2.29 bits per heavy atom. The van der Waals surface area contributed by atoms with Gasteiger partial charge in [-0.15, -0.1) is 0 Å². The van der Waals surface area contributed by atoms with Crippen LogP contribution in [-0.4, -0.2) is 18.4 Å². The first-order chi connectivity index (χ1) is 6.70. The number of Topliss-reactive ketones (excluding diaryl/α,β-unsaturated/α-hetero) is 1. The zero-order valence-corrected chi connectivity index (χ0v) is 8.75. The van der Waals surface area contributed by atoms with E-state index in [9.17, 15) is 9.59 Å². The van der Waals surface area contributed by atoms with Crippen molar-refractivity contribution >= 4 is 11.8 Å². The third-order valence-corrected chi connectivity index (χ3v) is 2.68. The van der Waals surface area contributed by atoms with Crippen LogP contribution in [0.4, 0.5) is 0 Å². The van der Waals surface area contributed by atoms with E-state index < -0.39 is 0 Å². The number of rotatable bonds is 4. The van der Waals surface area contributed by atoms with Crippen molar-refractivity contribution in [1.82, 2.24) is 0 Å². The maximum Gasteiger partial charge on any atom is 0.302 e. The fourth-order valence-electron chi connectivity index (χ4n) is 1.91. The van der Waals surface area contributed by atoms with Gasteiger partial charge in [0, 0.05) is 19.3 Å². The van der Waals surface area contributed by atoms with Gasteiger partial charge in [0.15, 0.2) is 0 Å². The first-order valence-corrected chi connectivity index (χ1v) is 5.36. The molecule has 0 aromatic heterocycles. The van der Waals surface area contributed by atoms with E-state index in [1.54, 1.807) is 0 Å². The SMILES string of the molecule is CC(=O)OCCCC1CCCCC1=O. The largest absolute Gasteiger partial charge is 0.466 e. The van der Waals surface area contributed by atoms with Crippen LogP contribution < -0.4 is 0 Å². The summed E-state index contributed by atoms with van der Waals surface area (Å²) in [5, 5.41) is 0. The number of hydrogen-bond acceptors (Lipinski definition) is 3. The molecule has 0 bridgehead atoms. The maximum atomic E-state index is 11.4. The molecule has 0 heterocycles. The van der Waals surface area contributed by atoms with Crippen LogP contribution in [0.3, 0.4) is 0 Å². The molecule has 3 heteroatoms. The van der Waals surface area contributed by atoms with Crippen LogP contribution in [0.2, 0.25) is 0 Å². The molecule has 1 aliphatic carbocycles. The number of ketones is 1. The predicted octanol–water partition coefficient (Wildman–Crippen LogP) is 2.09. The lowest BCUT2D eigenvalue weighted by atomic mass is 9.85. The molecule has 1 unspecified atom stereocenters. The summed E-state index contributed by atoms with van der Waals surface area (Å²) >= 11 is 0. The highest BCUT2D eigenvalue weighted by atomic mass is 16.5. The molecular weight excluding hydrogens is 180 g/mol. The van der Waals surface area contributed by atoms with Gasteiger partial charge in [0.25, 0.3) is 0 Å². The monoisotopic (exact) mass is 198 g/mol. The smallest absolute Gasteiger partial charge is 0.302 e. The molecule has 0 amide bonds. The molecule has 1 atom stereocenters. The van der Waals surface area contributed by atoms with Gasteiger partial charge in [-0.1, -0.05) is 6.42 Å². The molecule has 0 aromatic rings. The normalized spacial score (nSPS) is 22.1. The Morgan fingerprint density at radius 3 is 2.93 bits per heavy atom. The summed E-state index contributed by atoms with van der Waals surface area (Å²) in [6, 6.07) is 0. The van der Waals surface area contributed by atoms with Crippen LogP contribution >= 0.6 is 0 Å². The van der Waals surface area contributed by atoms with Crippen molar-refractivity contribution in [3.05, 3.63) is 0 Å². The van der Waals surface area contributed by atoms with Crippen LogP contribution in [0, 0.1) is 5.92 Å².